The van der Waals surface area contributed by atoms with Gasteiger partial charge in [-0.3, -0.25) is 9.78 Å². The minimum absolute atomic E-state index is 0.00400. The number of pyridine rings is 1. The second-order valence-corrected chi connectivity index (χ2v) is 4.46. The zero-order valence-corrected chi connectivity index (χ0v) is 9.29. The van der Waals surface area contributed by atoms with Crippen LogP contribution in [0.5, 0.6) is 0 Å². The summed E-state index contributed by atoms with van der Waals surface area (Å²) in [4.78, 5) is 15.7. The van der Waals surface area contributed by atoms with Gasteiger partial charge in [-0.05, 0) is 12.1 Å². The van der Waals surface area contributed by atoms with Gasteiger partial charge in [-0.25, -0.2) is 0 Å². The first kappa shape index (κ1) is 10.9. The van der Waals surface area contributed by atoms with Crippen molar-refractivity contribution < 1.29 is 4.79 Å². The van der Waals surface area contributed by atoms with Crippen molar-refractivity contribution in [2.75, 3.05) is 0 Å². The van der Waals surface area contributed by atoms with Crippen molar-refractivity contribution in [3.05, 3.63) is 29.6 Å². The molecular weight excluding hydrogens is 174 g/mol. The van der Waals surface area contributed by atoms with Crippen LogP contribution in [-0.4, -0.2) is 10.8 Å². The van der Waals surface area contributed by atoms with Gasteiger partial charge >= 0.3 is 0 Å². The van der Waals surface area contributed by atoms with Gasteiger partial charge in [0.1, 0.15) is 0 Å². The summed E-state index contributed by atoms with van der Waals surface area (Å²) in [5.41, 5.74) is 1.74. The van der Waals surface area contributed by atoms with E-state index in [1.54, 1.807) is 12.3 Å². The van der Waals surface area contributed by atoms with E-state index in [0.29, 0.717) is 6.42 Å². The SMILES string of the molecule is CCC(=O)c1ccnc(C(C)(C)C)c1. The number of rotatable bonds is 2. The molecule has 0 aliphatic rings. The molecule has 76 valence electrons. The topological polar surface area (TPSA) is 30.0 Å². The first-order chi connectivity index (χ1) is 6.45. The van der Waals surface area contributed by atoms with Crippen LogP contribution in [-0.2, 0) is 5.41 Å². The number of carbonyl (C=O) groups is 1. The molecular formula is C12H17NO. The second kappa shape index (κ2) is 3.91. The number of carbonyl (C=O) groups excluding carboxylic acids is 1. The molecule has 0 atom stereocenters. The average Bonchev–Trinajstić information content (AvgIpc) is 2.15. The zero-order chi connectivity index (χ0) is 10.8. The number of Topliss-reactive ketones (excluding diaryl/α,β-unsaturated/α-hetero) is 1. The van der Waals surface area contributed by atoms with Crippen molar-refractivity contribution in [3.63, 3.8) is 0 Å². The maximum atomic E-state index is 11.5. The fourth-order valence-electron chi connectivity index (χ4n) is 1.22. The van der Waals surface area contributed by atoms with Gasteiger partial charge in [-0.1, -0.05) is 27.7 Å². The van der Waals surface area contributed by atoms with Gasteiger partial charge in [-0.15, -0.1) is 0 Å². The Morgan fingerprint density at radius 1 is 1.43 bits per heavy atom. The normalized spacial score (nSPS) is 11.4. The van der Waals surface area contributed by atoms with Gasteiger partial charge in [0.15, 0.2) is 5.78 Å². The Bertz CT molecular complexity index is 336. The number of hydrogen-bond donors (Lipinski definition) is 0. The third kappa shape index (κ3) is 2.41. The van der Waals surface area contributed by atoms with Gasteiger partial charge in [0.25, 0.3) is 0 Å². The van der Waals surface area contributed by atoms with E-state index in [1.165, 1.54) is 0 Å². The Hall–Kier alpha value is -1.18. The molecule has 0 N–H and O–H groups in total. The number of nitrogens with zero attached hydrogens (tertiary/aromatic N) is 1. The molecule has 0 aliphatic heterocycles. The zero-order valence-electron chi connectivity index (χ0n) is 9.29. The Morgan fingerprint density at radius 2 is 2.07 bits per heavy atom. The molecule has 0 saturated carbocycles. The summed E-state index contributed by atoms with van der Waals surface area (Å²) in [5.74, 6) is 0.179. The van der Waals surface area contributed by atoms with E-state index in [4.69, 9.17) is 0 Å². The van der Waals surface area contributed by atoms with Gasteiger partial charge in [-0.2, -0.15) is 0 Å². The van der Waals surface area contributed by atoms with Crippen LogP contribution in [0.1, 0.15) is 50.2 Å². The van der Waals surface area contributed by atoms with E-state index in [-0.39, 0.29) is 11.2 Å². The number of aromatic nitrogens is 1. The standard InChI is InChI=1S/C12H17NO/c1-5-10(14)9-6-7-13-11(8-9)12(2,3)4/h6-8H,5H2,1-4H3. The maximum absolute atomic E-state index is 11.5. The summed E-state index contributed by atoms with van der Waals surface area (Å²) in [6, 6.07) is 3.67. The lowest BCUT2D eigenvalue weighted by molar-refractivity contribution is 0.0988. The van der Waals surface area contributed by atoms with Crippen molar-refractivity contribution in [1.82, 2.24) is 4.98 Å². The first-order valence-electron chi connectivity index (χ1n) is 4.95. The van der Waals surface area contributed by atoms with Gasteiger partial charge in [0.05, 0.1) is 0 Å². The van der Waals surface area contributed by atoms with Crippen LogP contribution in [0.15, 0.2) is 18.3 Å². The Morgan fingerprint density at radius 3 is 2.57 bits per heavy atom. The van der Waals surface area contributed by atoms with Crippen LogP contribution in [0.2, 0.25) is 0 Å². The first-order valence-corrected chi connectivity index (χ1v) is 4.95. The molecule has 14 heavy (non-hydrogen) atoms. The van der Waals surface area contributed by atoms with Crippen molar-refractivity contribution in [2.45, 2.75) is 39.5 Å². The summed E-state index contributed by atoms with van der Waals surface area (Å²) in [6.45, 7) is 8.15. The smallest absolute Gasteiger partial charge is 0.162 e. The highest BCUT2D eigenvalue weighted by Crippen LogP contribution is 2.20. The van der Waals surface area contributed by atoms with Crippen LogP contribution >= 0.6 is 0 Å². The van der Waals surface area contributed by atoms with Crippen LogP contribution in [0, 0.1) is 0 Å². The summed E-state index contributed by atoms with van der Waals surface area (Å²) in [7, 11) is 0. The van der Waals surface area contributed by atoms with Crippen LogP contribution < -0.4 is 0 Å². The van der Waals surface area contributed by atoms with Crippen LogP contribution in [0.4, 0.5) is 0 Å². The van der Waals surface area contributed by atoms with Gasteiger partial charge in [0.2, 0.25) is 0 Å². The lowest BCUT2D eigenvalue weighted by Gasteiger charge is -2.17. The van der Waals surface area contributed by atoms with Gasteiger partial charge < -0.3 is 0 Å². The van der Waals surface area contributed by atoms with Crippen LogP contribution in [0.3, 0.4) is 0 Å². The van der Waals surface area contributed by atoms with Gasteiger partial charge in [0, 0.05) is 29.3 Å². The highest BCUT2D eigenvalue weighted by atomic mass is 16.1. The molecule has 1 aromatic rings. The molecule has 1 aromatic heterocycles. The van der Waals surface area contributed by atoms with Crippen molar-refractivity contribution in [1.29, 1.82) is 0 Å². The highest BCUT2D eigenvalue weighted by molar-refractivity contribution is 5.95. The maximum Gasteiger partial charge on any atom is 0.162 e. The Kier molecular flexibility index (Phi) is 3.04. The minimum atomic E-state index is 0.00400. The third-order valence-electron chi connectivity index (χ3n) is 2.17. The molecule has 0 unspecified atom stereocenters. The van der Waals surface area contributed by atoms with Crippen molar-refractivity contribution in [3.8, 4) is 0 Å². The van der Waals surface area contributed by atoms with E-state index in [9.17, 15) is 4.79 Å². The van der Waals surface area contributed by atoms with Crippen molar-refractivity contribution in [2.24, 2.45) is 0 Å². The summed E-state index contributed by atoms with van der Waals surface area (Å²) < 4.78 is 0. The summed E-state index contributed by atoms with van der Waals surface area (Å²) >= 11 is 0. The molecule has 1 heterocycles. The molecule has 0 bridgehead atoms. The van der Waals surface area contributed by atoms with Crippen LogP contribution in [0.25, 0.3) is 0 Å². The number of hydrogen-bond acceptors (Lipinski definition) is 2. The fourth-order valence-corrected chi connectivity index (χ4v) is 1.22. The molecule has 0 spiro atoms. The molecule has 0 aliphatic carbocycles. The molecule has 0 saturated heterocycles. The fraction of sp³-hybridized carbons (Fsp3) is 0.500. The van der Waals surface area contributed by atoms with E-state index in [1.807, 2.05) is 13.0 Å². The molecule has 1 rings (SSSR count). The molecule has 0 fully saturated rings. The largest absolute Gasteiger partial charge is 0.294 e. The van der Waals surface area contributed by atoms with Crippen molar-refractivity contribution >= 4 is 5.78 Å². The molecule has 2 heteroatoms. The molecule has 0 aromatic carbocycles. The second-order valence-electron chi connectivity index (χ2n) is 4.46. The molecule has 2 nitrogen and oxygen atoms in total. The predicted molar refractivity (Wildman–Crippen MR) is 57.6 cm³/mol. The number of ketones is 1. The predicted octanol–water partition coefficient (Wildman–Crippen LogP) is 2.97. The molecule has 0 amide bonds. The monoisotopic (exact) mass is 191 g/mol. The summed E-state index contributed by atoms with van der Waals surface area (Å²) in [6.07, 6.45) is 2.26. The quantitative estimate of drug-likeness (QED) is 0.673. The minimum Gasteiger partial charge on any atom is -0.294 e. The third-order valence-corrected chi connectivity index (χ3v) is 2.17. The Labute approximate surface area is 85.4 Å². The van der Waals surface area contributed by atoms with E-state index in [0.717, 1.165) is 11.3 Å². The average molecular weight is 191 g/mol. The van der Waals surface area contributed by atoms with E-state index >= 15 is 0 Å². The lowest BCUT2D eigenvalue weighted by atomic mass is 9.90. The molecule has 0 radical (unpaired) electrons. The Balaban J connectivity index is 3.08. The van der Waals surface area contributed by atoms with E-state index in [2.05, 4.69) is 25.8 Å². The lowest BCUT2D eigenvalue weighted by Crippen LogP contribution is -2.14. The highest BCUT2D eigenvalue weighted by Gasteiger charge is 2.16. The summed E-state index contributed by atoms with van der Waals surface area (Å²) in [5, 5.41) is 0. The van der Waals surface area contributed by atoms with E-state index < -0.39 is 0 Å².